The molecule has 0 radical (unpaired) electrons. The summed E-state index contributed by atoms with van der Waals surface area (Å²) in [6, 6.07) is 9.15. The molecule has 1 aromatic rings. The Hall–Kier alpha value is -0.700. The van der Waals surface area contributed by atoms with Crippen LogP contribution < -0.4 is 0 Å². The fourth-order valence-corrected chi connectivity index (χ4v) is 4.46. The largest absolute Gasteiger partial charge is 0.344 e. The van der Waals surface area contributed by atoms with Crippen LogP contribution >= 0.6 is 15.0 Å². The van der Waals surface area contributed by atoms with E-state index in [1.165, 1.54) is 6.08 Å². The first-order valence-corrected chi connectivity index (χ1v) is 8.68. The highest BCUT2D eigenvalue weighted by molar-refractivity contribution is 7.72. The molecule has 0 saturated heterocycles. The molecule has 0 aliphatic carbocycles. The van der Waals surface area contributed by atoms with Crippen LogP contribution in [0, 0.1) is 0 Å². The van der Waals surface area contributed by atoms with Crippen molar-refractivity contribution < 1.29 is 23.8 Å². The Balaban J connectivity index is 2.59. The molecule has 0 aliphatic rings. The first kappa shape index (κ1) is 14.4. The molecule has 94 valence electrons. The van der Waals surface area contributed by atoms with Gasteiger partial charge in [0.1, 0.15) is 5.90 Å². The quantitative estimate of drug-likeness (QED) is 0.716. The van der Waals surface area contributed by atoms with Crippen LogP contribution in [0.4, 0.5) is 0 Å². The van der Waals surface area contributed by atoms with Gasteiger partial charge in [0, 0.05) is 6.16 Å². The van der Waals surface area contributed by atoms with Gasteiger partial charge in [-0.25, -0.2) is 0 Å². The third kappa shape index (κ3) is 6.57. The van der Waals surface area contributed by atoms with E-state index in [-0.39, 0.29) is 6.16 Å². The zero-order chi connectivity index (χ0) is 12.9. The van der Waals surface area contributed by atoms with Gasteiger partial charge in [-0.1, -0.05) is 42.5 Å². The Labute approximate surface area is 99.4 Å². The summed E-state index contributed by atoms with van der Waals surface area (Å²) in [6.45, 7) is 0. The summed E-state index contributed by atoms with van der Waals surface area (Å²) in [5.41, 5.74) is 0.865. The van der Waals surface area contributed by atoms with Crippen LogP contribution in [0.15, 0.2) is 36.4 Å². The van der Waals surface area contributed by atoms with E-state index in [0.29, 0.717) is 0 Å². The lowest BCUT2D eigenvalue weighted by molar-refractivity contribution is 0.376. The molecule has 5 nitrogen and oxygen atoms in total. The topological polar surface area (TPSA) is 94.8 Å². The van der Waals surface area contributed by atoms with Gasteiger partial charge in [0.05, 0.1) is 0 Å². The average molecular weight is 276 g/mol. The summed E-state index contributed by atoms with van der Waals surface area (Å²) in [6.07, 6.45) is 2.85. The molecular formula is C10H14O5P2. The SMILES string of the molecule is O=P(O)(O)CP(=O)(O)C/C=C/c1ccccc1. The number of hydrogen-bond acceptors (Lipinski definition) is 2. The lowest BCUT2D eigenvalue weighted by atomic mass is 10.2. The zero-order valence-corrected chi connectivity index (χ0v) is 10.8. The van der Waals surface area contributed by atoms with E-state index in [2.05, 4.69) is 0 Å². The van der Waals surface area contributed by atoms with Crippen molar-refractivity contribution in [3.05, 3.63) is 42.0 Å². The van der Waals surface area contributed by atoms with Gasteiger partial charge in [-0.05, 0) is 5.56 Å². The van der Waals surface area contributed by atoms with E-state index in [0.717, 1.165) is 5.56 Å². The maximum atomic E-state index is 11.4. The molecule has 1 atom stereocenters. The number of rotatable bonds is 5. The Morgan fingerprint density at radius 1 is 1.06 bits per heavy atom. The van der Waals surface area contributed by atoms with Crippen molar-refractivity contribution in [2.75, 3.05) is 12.1 Å². The number of benzene rings is 1. The van der Waals surface area contributed by atoms with E-state index >= 15 is 0 Å². The standard InChI is InChI=1S/C10H14O5P2/c11-16(12,9-17(13,14)15)8-4-7-10-5-2-1-3-6-10/h1-7H,8-9H2,(H,11,12)(H2,13,14,15)/b7-4+. The molecule has 0 amide bonds. The number of allylic oxidation sites excluding steroid dienone is 1. The van der Waals surface area contributed by atoms with Gasteiger partial charge in [-0.3, -0.25) is 9.13 Å². The normalized spacial score (nSPS) is 15.9. The van der Waals surface area contributed by atoms with Crippen molar-refractivity contribution in [1.29, 1.82) is 0 Å². The maximum absolute atomic E-state index is 11.4. The number of hydrogen-bond donors (Lipinski definition) is 3. The molecule has 0 aromatic heterocycles. The van der Waals surface area contributed by atoms with E-state index in [9.17, 15) is 14.0 Å². The van der Waals surface area contributed by atoms with Crippen LogP contribution in [-0.2, 0) is 9.13 Å². The summed E-state index contributed by atoms with van der Waals surface area (Å²) >= 11 is 0. The molecule has 1 unspecified atom stereocenters. The van der Waals surface area contributed by atoms with Crippen molar-refractivity contribution in [3.63, 3.8) is 0 Å². The van der Waals surface area contributed by atoms with Gasteiger partial charge < -0.3 is 14.7 Å². The zero-order valence-electron chi connectivity index (χ0n) is 9.01. The molecule has 0 spiro atoms. The predicted molar refractivity (Wildman–Crippen MR) is 67.1 cm³/mol. The lowest BCUT2D eigenvalue weighted by Gasteiger charge is -2.09. The molecule has 17 heavy (non-hydrogen) atoms. The second-order valence-corrected chi connectivity index (χ2v) is 8.17. The fraction of sp³-hybridized carbons (Fsp3) is 0.200. The third-order valence-corrected chi connectivity index (χ3v) is 5.93. The highest BCUT2D eigenvalue weighted by Gasteiger charge is 2.28. The van der Waals surface area contributed by atoms with Gasteiger partial charge in [0.25, 0.3) is 0 Å². The smallest absolute Gasteiger partial charge is 0.335 e. The minimum atomic E-state index is -4.45. The maximum Gasteiger partial charge on any atom is 0.335 e. The van der Waals surface area contributed by atoms with Crippen molar-refractivity contribution in [2.45, 2.75) is 0 Å². The Kier molecular flexibility index (Phi) is 4.87. The molecule has 0 bridgehead atoms. The predicted octanol–water partition coefficient (Wildman–Crippen LogP) is 2.11. The van der Waals surface area contributed by atoms with E-state index in [1.807, 2.05) is 30.3 Å². The summed E-state index contributed by atoms with van der Waals surface area (Å²) in [4.78, 5) is 26.6. The summed E-state index contributed by atoms with van der Waals surface area (Å²) in [5.74, 6) is -0.973. The second kappa shape index (κ2) is 5.76. The molecule has 7 heteroatoms. The van der Waals surface area contributed by atoms with Gasteiger partial charge in [0.15, 0.2) is 0 Å². The van der Waals surface area contributed by atoms with Crippen LogP contribution in [0.3, 0.4) is 0 Å². The third-order valence-electron chi connectivity index (χ3n) is 1.91. The van der Waals surface area contributed by atoms with Crippen LogP contribution in [0.25, 0.3) is 6.08 Å². The van der Waals surface area contributed by atoms with Crippen molar-refractivity contribution in [1.82, 2.24) is 0 Å². The molecule has 0 heterocycles. The van der Waals surface area contributed by atoms with Crippen LogP contribution in [-0.4, -0.2) is 26.7 Å². The van der Waals surface area contributed by atoms with Crippen LogP contribution in [0.1, 0.15) is 5.56 Å². The van der Waals surface area contributed by atoms with Gasteiger partial charge >= 0.3 is 7.60 Å². The highest BCUT2D eigenvalue weighted by Crippen LogP contribution is 2.54. The first-order valence-electron chi connectivity index (χ1n) is 4.85. The minimum absolute atomic E-state index is 0.243. The first-order chi connectivity index (χ1) is 7.79. The van der Waals surface area contributed by atoms with Gasteiger partial charge in [-0.2, -0.15) is 0 Å². The Morgan fingerprint density at radius 3 is 2.18 bits per heavy atom. The molecule has 3 N–H and O–H groups in total. The minimum Gasteiger partial charge on any atom is -0.344 e. The summed E-state index contributed by atoms with van der Waals surface area (Å²) in [5, 5.41) is 0. The fourth-order valence-electron chi connectivity index (χ4n) is 1.26. The van der Waals surface area contributed by atoms with Crippen molar-refractivity contribution in [3.8, 4) is 0 Å². The van der Waals surface area contributed by atoms with Crippen LogP contribution in [0.2, 0.25) is 0 Å². The Morgan fingerprint density at radius 2 is 1.65 bits per heavy atom. The monoisotopic (exact) mass is 276 g/mol. The van der Waals surface area contributed by atoms with E-state index in [1.54, 1.807) is 6.08 Å². The van der Waals surface area contributed by atoms with Crippen LogP contribution in [0.5, 0.6) is 0 Å². The molecule has 1 aromatic carbocycles. The summed E-state index contributed by atoms with van der Waals surface area (Å²) < 4.78 is 22.0. The molecule has 0 aliphatic heterocycles. The molecule has 1 rings (SSSR count). The average Bonchev–Trinajstić information content (AvgIpc) is 2.15. The van der Waals surface area contributed by atoms with E-state index in [4.69, 9.17) is 9.79 Å². The molecule has 0 saturated carbocycles. The Bertz CT molecular complexity index is 477. The van der Waals surface area contributed by atoms with Crippen molar-refractivity contribution >= 4 is 21.0 Å². The molecule has 0 fully saturated rings. The molecular weight excluding hydrogens is 262 g/mol. The highest BCUT2D eigenvalue weighted by atomic mass is 31.2. The second-order valence-electron chi connectivity index (χ2n) is 3.65. The lowest BCUT2D eigenvalue weighted by Crippen LogP contribution is -1.93. The van der Waals surface area contributed by atoms with Gasteiger partial charge in [-0.15, -0.1) is 0 Å². The van der Waals surface area contributed by atoms with E-state index < -0.39 is 20.9 Å². The summed E-state index contributed by atoms with van der Waals surface area (Å²) in [7, 11) is -8.25. The van der Waals surface area contributed by atoms with Crippen molar-refractivity contribution in [2.24, 2.45) is 0 Å². The van der Waals surface area contributed by atoms with Gasteiger partial charge in [0.2, 0.25) is 7.37 Å².